The molecule has 1 unspecified atom stereocenters. The van der Waals surface area contributed by atoms with E-state index < -0.39 is 40.6 Å². The predicted molar refractivity (Wildman–Crippen MR) is 140 cm³/mol. The maximum Gasteiger partial charge on any atom is 0.204 e. The Morgan fingerprint density at radius 3 is 2.58 bits per heavy atom. The smallest absolute Gasteiger partial charge is 0.204 e. The van der Waals surface area contributed by atoms with Gasteiger partial charge in [-0.2, -0.15) is 13.9 Å². The van der Waals surface area contributed by atoms with Crippen LogP contribution in [0.1, 0.15) is 18.9 Å². The van der Waals surface area contributed by atoms with Crippen molar-refractivity contribution in [1.29, 1.82) is 0 Å². The van der Waals surface area contributed by atoms with Gasteiger partial charge < -0.3 is 10.5 Å². The third-order valence-corrected chi connectivity index (χ3v) is 6.57. The van der Waals surface area contributed by atoms with Crippen molar-refractivity contribution in [2.24, 2.45) is 4.99 Å². The fourth-order valence-electron chi connectivity index (χ4n) is 4.83. The Hall–Kier alpha value is -4.39. The van der Waals surface area contributed by atoms with Gasteiger partial charge in [-0.1, -0.05) is 6.58 Å². The number of benzene rings is 2. The zero-order valence-corrected chi connectivity index (χ0v) is 21.3. The van der Waals surface area contributed by atoms with E-state index in [-0.39, 0.29) is 29.2 Å². The number of anilines is 1. The summed E-state index contributed by atoms with van der Waals surface area (Å²) in [6.45, 7) is 6.15. The Balaban J connectivity index is 1.50. The average Bonchev–Trinajstić information content (AvgIpc) is 3.31. The van der Waals surface area contributed by atoms with Gasteiger partial charge in [0, 0.05) is 44.0 Å². The molecule has 1 atom stereocenters. The Kier molecular flexibility index (Phi) is 7.48. The number of likely N-dealkylation sites (tertiary alicyclic amines) is 1. The number of ether oxygens (including phenoxy) is 1. The van der Waals surface area contributed by atoms with Gasteiger partial charge in [-0.25, -0.2) is 27.8 Å². The lowest BCUT2D eigenvalue weighted by molar-refractivity contribution is 0.186. The quantitative estimate of drug-likeness (QED) is 0.184. The molecule has 5 rings (SSSR count). The fourth-order valence-corrected chi connectivity index (χ4v) is 4.83. The molecule has 2 aromatic carbocycles. The minimum atomic E-state index is -1.75. The molecule has 40 heavy (non-hydrogen) atoms. The Morgan fingerprint density at radius 2 is 1.88 bits per heavy atom. The van der Waals surface area contributed by atoms with Crippen molar-refractivity contribution >= 4 is 23.1 Å². The van der Waals surface area contributed by atoms with Crippen molar-refractivity contribution in [3.63, 3.8) is 0 Å². The van der Waals surface area contributed by atoms with Crippen LogP contribution in [0, 0.1) is 29.1 Å². The van der Waals surface area contributed by atoms with Crippen LogP contribution in [0.25, 0.3) is 22.3 Å². The lowest BCUT2D eigenvalue weighted by atomic mass is 10.1. The number of nitrogens with two attached hydrogens (primary N) is 1. The van der Waals surface area contributed by atoms with Crippen LogP contribution in [-0.4, -0.2) is 57.5 Å². The third-order valence-electron chi connectivity index (χ3n) is 6.57. The number of hydrogen-bond donors (Lipinski definition) is 1. The van der Waals surface area contributed by atoms with Crippen molar-refractivity contribution < 1.29 is 26.7 Å². The molecule has 1 fully saturated rings. The van der Waals surface area contributed by atoms with Gasteiger partial charge in [0.2, 0.25) is 17.4 Å². The lowest BCUT2D eigenvalue weighted by Crippen LogP contribution is -2.38. The minimum absolute atomic E-state index is 0.0100. The second kappa shape index (κ2) is 11.0. The van der Waals surface area contributed by atoms with Gasteiger partial charge >= 0.3 is 0 Å². The molecule has 2 aromatic heterocycles. The van der Waals surface area contributed by atoms with E-state index in [1.165, 1.54) is 18.5 Å². The summed E-state index contributed by atoms with van der Waals surface area (Å²) in [4.78, 5) is 14.6. The summed E-state index contributed by atoms with van der Waals surface area (Å²) in [5.41, 5.74) is 7.60. The van der Waals surface area contributed by atoms with E-state index in [9.17, 15) is 17.6 Å². The summed E-state index contributed by atoms with van der Waals surface area (Å²) in [5, 5.41) is 5.01. The molecule has 0 aliphatic carbocycles. The Bertz CT molecular complexity index is 1610. The number of rotatable bonds is 7. The number of hydrogen-bond acceptors (Lipinski definition) is 7. The number of aliphatic imine (C=N–C) groups is 1. The maximum absolute atomic E-state index is 15.4. The second-order valence-electron chi connectivity index (χ2n) is 9.37. The molecular formula is C27H24F5N7O. The number of nitrogen functional groups attached to an aromatic ring is 1. The zero-order chi connectivity index (χ0) is 28.6. The SMILES string of the molecule is C=C(/C=N/C)CN1CCCC(n2nc(-c3ccc(Oc4c(F)c(F)cc(F)c4F)cc3F)c3c(N)ncnc32)C1. The molecule has 3 heterocycles. The zero-order valence-electron chi connectivity index (χ0n) is 21.3. The first-order valence-corrected chi connectivity index (χ1v) is 12.3. The molecule has 208 valence electrons. The van der Waals surface area contributed by atoms with Crippen LogP contribution in [0.15, 0.2) is 47.7 Å². The first kappa shape index (κ1) is 27.2. The van der Waals surface area contributed by atoms with Crippen molar-refractivity contribution in [2.45, 2.75) is 18.9 Å². The van der Waals surface area contributed by atoms with Gasteiger partial charge in [-0.3, -0.25) is 9.89 Å². The Labute approximate surface area is 225 Å². The largest absolute Gasteiger partial charge is 0.451 e. The summed E-state index contributed by atoms with van der Waals surface area (Å²) >= 11 is 0. The van der Waals surface area contributed by atoms with Crippen LogP contribution in [0.2, 0.25) is 0 Å². The minimum Gasteiger partial charge on any atom is -0.451 e. The highest BCUT2D eigenvalue weighted by Gasteiger charge is 2.28. The van der Waals surface area contributed by atoms with Crippen molar-refractivity contribution in [3.05, 3.63) is 71.8 Å². The van der Waals surface area contributed by atoms with Gasteiger partial charge in [-0.05, 0) is 37.1 Å². The highest BCUT2D eigenvalue weighted by Crippen LogP contribution is 2.37. The van der Waals surface area contributed by atoms with Gasteiger partial charge in [0.15, 0.2) is 17.3 Å². The van der Waals surface area contributed by atoms with E-state index in [1.807, 2.05) is 0 Å². The molecule has 0 amide bonds. The molecular weight excluding hydrogens is 533 g/mol. The molecule has 1 aliphatic rings. The lowest BCUT2D eigenvalue weighted by Gasteiger charge is -2.32. The number of aromatic nitrogens is 4. The topological polar surface area (TPSA) is 94.5 Å². The molecule has 0 spiro atoms. The molecule has 0 saturated carbocycles. The first-order chi connectivity index (χ1) is 19.2. The first-order valence-electron chi connectivity index (χ1n) is 12.3. The highest BCUT2D eigenvalue weighted by molar-refractivity contribution is 5.98. The van der Waals surface area contributed by atoms with E-state index in [2.05, 4.69) is 31.5 Å². The third kappa shape index (κ3) is 5.11. The van der Waals surface area contributed by atoms with Crippen molar-refractivity contribution in [1.82, 2.24) is 24.6 Å². The van der Waals surface area contributed by atoms with Gasteiger partial charge in [0.25, 0.3) is 0 Å². The summed E-state index contributed by atoms with van der Waals surface area (Å²) in [6.07, 6.45) is 4.69. The van der Waals surface area contributed by atoms with Gasteiger partial charge in [0.05, 0.1) is 11.4 Å². The van der Waals surface area contributed by atoms with Crippen LogP contribution in [0.4, 0.5) is 27.8 Å². The van der Waals surface area contributed by atoms with E-state index in [4.69, 9.17) is 10.5 Å². The monoisotopic (exact) mass is 557 g/mol. The standard InChI is InChI=1S/C27H24F5N7O/c1-14(10-34-2)11-38-7-3-4-15(12-38)39-27-21(26(33)35-13-36-27)24(37-39)17-6-5-16(8-18(17)28)40-25-22(31)19(29)9-20(30)23(25)32/h5-6,8-10,13,15H,1,3-4,7,11-12H2,2H3,(H2,33,35,36)/b34-10+. The molecule has 0 bridgehead atoms. The van der Waals surface area contributed by atoms with Crippen LogP contribution in [-0.2, 0) is 0 Å². The van der Waals surface area contributed by atoms with Crippen molar-refractivity contribution in [3.8, 4) is 22.8 Å². The molecule has 1 aliphatic heterocycles. The van der Waals surface area contributed by atoms with Gasteiger partial charge in [0.1, 0.15) is 29.4 Å². The number of halogens is 5. The van der Waals surface area contributed by atoms with Gasteiger partial charge in [-0.15, -0.1) is 0 Å². The fraction of sp³-hybridized carbons (Fsp3) is 0.259. The average molecular weight is 558 g/mol. The van der Waals surface area contributed by atoms with E-state index in [0.29, 0.717) is 24.1 Å². The van der Waals surface area contributed by atoms with E-state index in [1.54, 1.807) is 17.9 Å². The molecule has 0 radical (unpaired) electrons. The second-order valence-corrected chi connectivity index (χ2v) is 9.37. The molecule has 13 heteroatoms. The summed E-state index contributed by atoms with van der Waals surface area (Å²) in [7, 11) is 1.68. The van der Waals surface area contributed by atoms with E-state index >= 15 is 4.39 Å². The number of piperidine rings is 1. The summed E-state index contributed by atoms with van der Waals surface area (Å²) < 4.78 is 77.3. The number of nitrogens with zero attached hydrogens (tertiary/aromatic N) is 6. The molecule has 2 N–H and O–H groups in total. The molecule has 8 nitrogen and oxygen atoms in total. The predicted octanol–water partition coefficient (Wildman–Crippen LogP) is 5.46. The highest BCUT2D eigenvalue weighted by atomic mass is 19.2. The Morgan fingerprint density at radius 1 is 1.12 bits per heavy atom. The molecule has 4 aromatic rings. The summed E-state index contributed by atoms with van der Waals surface area (Å²) in [5.74, 6) is -9.31. The number of fused-ring (bicyclic) bond motifs is 1. The van der Waals surface area contributed by atoms with E-state index in [0.717, 1.165) is 31.0 Å². The van der Waals surface area contributed by atoms with Crippen LogP contribution >= 0.6 is 0 Å². The normalized spacial score (nSPS) is 16.2. The van der Waals surface area contributed by atoms with Crippen molar-refractivity contribution in [2.75, 3.05) is 32.4 Å². The van der Waals surface area contributed by atoms with Crippen LogP contribution in [0.5, 0.6) is 11.5 Å². The maximum atomic E-state index is 15.4. The van der Waals surface area contributed by atoms with Crippen LogP contribution < -0.4 is 10.5 Å². The van der Waals surface area contributed by atoms with Crippen LogP contribution in [0.3, 0.4) is 0 Å². The summed E-state index contributed by atoms with van der Waals surface area (Å²) in [6, 6.07) is 3.22. The molecule has 1 saturated heterocycles.